The molecule has 1 aliphatic heterocycles. The van der Waals surface area contributed by atoms with Crippen LogP contribution >= 0.6 is 0 Å². The molecule has 0 aliphatic carbocycles. The second-order valence-electron chi connectivity index (χ2n) is 12.9. The fourth-order valence-corrected chi connectivity index (χ4v) is 6.37. The molecule has 270 valence electrons. The normalized spacial score (nSPS) is 15.5. The lowest BCUT2D eigenvalue weighted by atomic mass is 9.94. The van der Waals surface area contributed by atoms with Crippen LogP contribution in [0.1, 0.15) is 64.9 Å². The summed E-state index contributed by atoms with van der Waals surface area (Å²) in [6.07, 6.45) is 4.60. The van der Waals surface area contributed by atoms with Crippen molar-refractivity contribution >= 4 is 21.7 Å². The van der Waals surface area contributed by atoms with Gasteiger partial charge in [-0.15, -0.1) is 5.10 Å². The van der Waals surface area contributed by atoms with E-state index in [1.165, 1.54) is 29.2 Å². The number of ether oxygens (including phenoxy) is 2. The Morgan fingerprint density at radius 2 is 1.76 bits per heavy atom. The van der Waals surface area contributed by atoms with Crippen LogP contribution in [0.15, 0.2) is 66.0 Å². The number of pyridine rings is 1. The molecule has 11 nitrogen and oxygen atoms in total. The van der Waals surface area contributed by atoms with Gasteiger partial charge in [0.2, 0.25) is 5.88 Å². The second kappa shape index (κ2) is 16.2. The van der Waals surface area contributed by atoms with E-state index in [4.69, 9.17) is 14.5 Å². The minimum Gasteiger partial charge on any atom is -0.476 e. The highest BCUT2D eigenvalue weighted by atomic mass is 32.2. The minimum absolute atomic E-state index is 0.0212. The Morgan fingerprint density at radius 1 is 0.960 bits per heavy atom. The van der Waals surface area contributed by atoms with Gasteiger partial charge in [0.1, 0.15) is 18.1 Å². The highest BCUT2D eigenvalue weighted by Crippen LogP contribution is 2.38. The SMILES string of the molecule is CCCOCCCN1CCCCCCc2ccccc2-c2nc(cnc2-n2ccc(OCC(C)(C)C(F)(F)F)n2)NS(=O)(=O)c2cccc1n2. The summed E-state index contributed by atoms with van der Waals surface area (Å²) >= 11 is 0. The summed E-state index contributed by atoms with van der Waals surface area (Å²) in [6.45, 7) is 6.27. The monoisotopic (exact) mass is 715 g/mol. The highest BCUT2D eigenvalue weighted by Gasteiger charge is 2.48. The number of anilines is 2. The smallest absolute Gasteiger partial charge is 0.397 e. The van der Waals surface area contributed by atoms with Crippen LogP contribution in [0.5, 0.6) is 5.88 Å². The molecule has 4 aromatic rings. The van der Waals surface area contributed by atoms with Gasteiger partial charge in [-0.05, 0) is 63.6 Å². The molecule has 4 bridgehead atoms. The first-order chi connectivity index (χ1) is 23.9. The van der Waals surface area contributed by atoms with Gasteiger partial charge >= 0.3 is 6.18 Å². The zero-order valence-electron chi connectivity index (χ0n) is 28.6. The zero-order valence-corrected chi connectivity index (χ0v) is 29.4. The number of sulfonamides is 1. The minimum atomic E-state index is -4.46. The first-order valence-electron chi connectivity index (χ1n) is 16.9. The van der Waals surface area contributed by atoms with E-state index in [1.807, 2.05) is 30.3 Å². The molecule has 15 heteroatoms. The van der Waals surface area contributed by atoms with Gasteiger partial charge in [-0.1, -0.05) is 50.1 Å². The molecule has 4 heterocycles. The van der Waals surface area contributed by atoms with Crippen molar-refractivity contribution in [2.24, 2.45) is 5.41 Å². The molecule has 3 aromatic heterocycles. The van der Waals surface area contributed by atoms with Crippen LogP contribution < -0.4 is 14.4 Å². The summed E-state index contributed by atoms with van der Waals surface area (Å²) in [5.41, 5.74) is -0.0267. The topological polar surface area (TPSA) is 124 Å². The zero-order chi connectivity index (χ0) is 35.8. The van der Waals surface area contributed by atoms with Crippen LogP contribution in [-0.2, 0) is 21.2 Å². The van der Waals surface area contributed by atoms with E-state index >= 15 is 0 Å². The molecule has 50 heavy (non-hydrogen) atoms. The summed E-state index contributed by atoms with van der Waals surface area (Å²) in [5, 5.41) is 4.19. The van der Waals surface area contributed by atoms with Gasteiger partial charge in [-0.3, -0.25) is 4.72 Å². The molecule has 0 unspecified atom stereocenters. The number of halogens is 3. The van der Waals surface area contributed by atoms with Crippen LogP contribution in [0.25, 0.3) is 17.1 Å². The first-order valence-corrected chi connectivity index (χ1v) is 18.4. The fraction of sp³-hybridized carbons (Fsp3) is 0.486. The number of nitrogens with one attached hydrogen (secondary N) is 1. The van der Waals surface area contributed by atoms with E-state index < -0.39 is 28.2 Å². The van der Waals surface area contributed by atoms with Crippen molar-refractivity contribution in [1.29, 1.82) is 0 Å². The van der Waals surface area contributed by atoms with Crippen molar-refractivity contribution in [2.45, 2.75) is 76.9 Å². The average molecular weight is 716 g/mol. The quantitative estimate of drug-likeness (QED) is 0.169. The summed E-state index contributed by atoms with van der Waals surface area (Å²) in [6, 6.07) is 14.1. The lowest BCUT2D eigenvalue weighted by Gasteiger charge is -2.26. The Balaban J connectivity index is 1.49. The van der Waals surface area contributed by atoms with Gasteiger partial charge < -0.3 is 14.4 Å². The Kier molecular flexibility index (Phi) is 12.0. The first kappa shape index (κ1) is 37.0. The van der Waals surface area contributed by atoms with Crippen molar-refractivity contribution < 1.29 is 31.1 Å². The standard InChI is InChI=1S/C35H44F3N7O4S/c1-4-22-48-23-12-20-44-19-10-6-5-7-13-26-14-8-9-15-27(26)32-33(45-21-18-30(42-45)49-25-34(2,3)35(36,37)38)39-24-28(40-32)43-50(46,47)31-17-11-16-29(44)41-31/h8-9,11,14-18,21,24H,4-7,10,12-13,19-20,22-23,25H2,1-3H3,(H,40,43). The molecule has 0 saturated carbocycles. The maximum absolute atomic E-state index is 13.7. The van der Waals surface area contributed by atoms with Gasteiger partial charge in [0.25, 0.3) is 10.0 Å². The van der Waals surface area contributed by atoms with Crippen molar-refractivity contribution in [2.75, 3.05) is 42.5 Å². The molecule has 0 atom stereocenters. The highest BCUT2D eigenvalue weighted by molar-refractivity contribution is 7.92. The number of alkyl halides is 3. The van der Waals surface area contributed by atoms with Crippen LogP contribution in [0, 0.1) is 5.41 Å². The molecular weight excluding hydrogens is 671 g/mol. The van der Waals surface area contributed by atoms with Crippen molar-refractivity contribution in [3.8, 4) is 23.0 Å². The lowest BCUT2D eigenvalue weighted by Crippen LogP contribution is -2.37. The van der Waals surface area contributed by atoms with Gasteiger partial charge in [0, 0.05) is 44.1 Å². The molecule has 1 aromatic carbocycles. The lowest BCUT2D eigenvalue weighted by molar-refractivity contribution is -0.219. The molecule has 0 fully saturated rings. The maximum atomic E-state index is 13.7. The van der Waals surface area contributed by atoms with Crippen LogP contribution in [0.4, 0.5) is 24.8 Å². The van der Waals surface area contributed by atoms with Gasteiger partial charge in [-0.25, -0.2) is 19.6 Å². The van der Waals surface area contributed by atoms with Gasteiger partial charge in [0.05, 0.1) is 11.6 Å². The summed E-state index contributed by atoms with van der Waals surface area (Å²) in [7, 11) is -4.18. The van der Waals surface area contributed by atoms with Crippen molar-refractivity contribution in [3.05, 3.63) is 66.5 Å². The van der Waals surface area contributed by atoms with E-state index in [0.717, 1.165) is 76.5 Å². The molecule has 1 aliphatic rings. The summed E-state index contributed by atoms with van der Waals surface area (Å²) in [4.78, 5) is 15.9. The fourth-order valence-electron chi connectivity index (χ4n) is 5.42. The molecular formula is C35H44F3N7O4S. The third-order valence-corrected chi connectivity index (χ3v) is 9.65. The Hall–Kier alpha value is -4.24. The second-order valence-corrected chi connectivity index (χ2v) is 14.5. The number of rotatable bonds is 10. The third kappa shape index (κ3) is 9.30. The van der Waals surface area contributed by atoms with E-state index in [-0.39, 0.29) is 22.5 Å². The summed E-state index contributed by atoms with van der Waals surface area (Å²) in [5.74, 6) is 0.766. The molecule has 0 radical (unpaired) electrons. The van der Waals surface area contributed by atoms with Crippen molar-refractivity contribution in [1.82, 2.24) is 24.7 Å². The number of nitrogens with zero attached hydrogens (tertiary/aromatic N) is 6. The van der Waals surface area contributed by atoms with Gasteiger partial charge in [-0.2, -0.15) is 21.6 Å². The number of aryl methyl sites for hydroxylation is 1. The van der Waals surface area contributed by atoms with Gasteiger partial charge in [0.15, 0.2) is 16.7 Å². The largest absolute Gasteiger partial charge is 0.476 e. The predicted molar refractivity (Wildman–Crippen MR) is 185 cm³/mol. The Bertz CT molecular complexity index is 1830. The Morgan fingerprint density at radius 3 is 2.56 bits per heavy atom. The number of fused-ring (bicyclic) bond motifs is 6. The van der Waals surface area contributed by atoms with Crippen LogP contribution in [0.2, 0.25) is 0 Å². The van der Waals surface area contributed by atoms with E-state index in [1.54, 1.807) is 6.07 Å². The van der Waals surface area contributed by atoms with E-state index in [9.17, 15) is 21.6 Å². The molecule has 0 amide bonds. The molecule has 0 saturated heterocycles. The van der Waals surface area contributed by atoms with E-state index in [2.05, 4.69) is 31.6 Å². The summed E-state index contributed by atoms with van der Waals surface area (Å²) < 4.78 is 82.6. The van der Waals surface area contributed by atoms with E-state index in [0.29, 0.717) is 31.3 Å². The number of hydrogen-bond acceptors (Lipinski definition) is 9. The number of hydrogen-bond donors (Lipinski definition) is 1. The molecule has 5 rings (SSSR count). The maximum Gasteiger partial charge on any atom is 0.397 e. The third-order valence-electron chi connectivity index (χ3n) is 8.39. The number of aromatic nitrogens is 5. The average Bonchev–Trinajstić information content (AvgIpc) is 3.56. The van der Waals surface area contributed by atoms with Crippen molar-refractivity contribution in [3.63, 3.8) is 0 Å². The Labute approximate surface area is 291 Å². The predicted octanol–water partition coefficient (Wildman–Crippen LogP) is 7.23. The molecule has 0 spiro atoms. The van der Waals surface area contributed by atoms with Crippen LogP contribution in [0.3, 0.4) is 0 Å². The van der Waals surface area contributed by atoms with Crippen LogP contribution in [-0.4, -0.2) is 72.2 Å². The number of benzene rings is 1. The molecule has 1 N–H and O–H groups in total.